The Morgan fingerprint density at radius 1 is 1.48 bits per heavy atom. The zero-order chi connectivity index (χ0) is 16.4. The Labute approximate surface area is 150 Å². The first-order valence-electron chi connectivity index (χ1n) is 6.60. The third-order valence-electron chi connectivity index (χ3n) is 3.00. The molecular weight excluding hydrogens is 370 g/mol. The van der Waals surface area contributed by atoms with Crippen LogP contribution in [0.15, 0.2) is 27.9 Å². The molecular formula is C15H10ClN3OS3. The molecule has 0 N–H and O–H groups in total. The van der Waals surface area contributed by atoms with Gasteiger partial charge in [0.05, 0.1) is 22.0 Å². The first kappa shape index (κ1) is 16.4. The van der Waals surface area contributed by atoms with Crippen LogP contribution in [0.1, 0.15) is 16.6 Å². The number of Topliss-reactive ketones (excluding diaryl/α,β-unsaturated/α-hetero) is 1. The summed E-state index contributed by atoms with van der Waals surface area (Å²) < 4.78 is 1.82. The zero-order valence-corrected chi connectivity index (χ0v) is 15.2. The van der Waals surface area contributed by atoms with Gasteiger partial charge < -0.3 is 0 Å². The number of rotatable bonds is 5. The van der Waals surface area contributed by atoms with Crippen LogP contribution in [-0.2, 0) is 4.79 Å². The molecule has 0 unspecified atom stereocenters. The van der Waals surface area contributed by atoms with Crippen molar-refractivity contribution in [2.45, 2.75) is 17.2 Å². The van der Waals surface area contributed by atoms with Crippen LogP contribution in [0.5, 0.6) is 0 Å². The molecule has 3 aromatic rings. The normalized spacial score (nSPS) is 12.2. The molecule has 8 heteroatoms. The summed E-state index contributed by atoms with van der Waals surface area (Å²) in [5.74, 6) is -0.751. The zero-order valence-electron chi connectivity index (χ0n) is 11.9. The van der Waals surface area contributed by atoms with E-state index in [0.717, 1.165) is 20.3 Å². The van der Waals surface area contributed by atoms with Gasteiger partial charge in [-0.05, 0) is 25.1 Å². The quantitative estimate of drug-likeness (QED) is 0.602. The third-order valence-corrected chi connectivity index (χ3v) is 6.47. The lowest BCUT2D eigenvalue weighted by molar-refractivity contribution is -0.116. The van der Waals surface area contributed by atoms with Crippen molar-refractivity contribution in [1.82, 2.24) is 9.97 Å². The van der Waals surface area contributed by atoms with E-state index in [4.69, 9.17) is 11.6 Å². The number of ketones is 1. The lowest BCUT2D eigenvalue weighted by Crippen LogP contribution is -2.13. The monoisotopic (exact) mass is 379 g/mol. The number of halogens is 1. The number of hydrogen-bond acceptors (Lipinski definition) is 7. The number of thioether (sulfide) groups is 1. The first-order valence-corrected chi connectivity index (χ1v) is 9.66. The summed E-state index contributed by atoms with van der Waals surface area (Å²) in [6.45, 7) is 1.85. The molecule has 116 valence electrons. The molecule has 3 rings (SSSR count). The SMILES string of the molecule is Cc1csc([C@@H](C#N)C(=O)CSc2nc3cc(Cl)ccc3s2)n1. The number of hydrogen-bond donors (Lipinski definition) is 0. The molecule has 0 bridgehead atoms. The molecule has 2 heterocycles. The Morgan fingerprint density at radius 3 is 3.00 bits per heavy atom. The van der Waals surface area contributed by atoms with Gasteiger partial charge in [0.1, 0.15) is 5.01 Å². The predicted octanol–water partition coefficient (Wildman–Crippen LogP) is 4.68. The maximum atomic E-state index is 12.3. The Kier molecular flexibility index (Phi) is 4.97. The van der Waals surface area contributed by atoms with E-state index in [-0.39, 0.29) is 11.5 Å². The molecule has 23 heavy (non-hydrogen) atoms. The first-order chi connectivity index (χ1) is 11.1. The predicted molar refractivity (Wildman–Crippen MR) is 95.6 cm³/mol. The van der Waals surface area contributed by atoms with Crippen LogP contribution >= 0.6 is 46.0 Å². The van der Waals surface area contributed by atoms with Crippen molar-refractivity contribution >= 4 is 62.0 Å². The molecule has 0 radical (unpaired) electrons. The smallest absolute Gasteiger partial charge is 0.167 e. The van der Waals surface area contributed by atoms with Gasteiger partial charge in [0, 0.05) is 16.1 Å². The van der Waals surface area contributed by atoms with E-state index in [0.29, 0.717) is 10.0 Å². The van der Waals surface area contributed by atoms with E-state index in [1.807, 2.05) is 24.4 Å². The third kappa shape index (κ3) is 3.72. The van der Waals surface area contributed by atoms with Gasteiger partial charge in [0.15, 0.2) is 16.0 Å². The Morgan fingerprint density at radius 2 is 2.30 bits per heavy atom. The molecule has 0 amide bonds. The molecule has 4 nitrogen and oxygen atoms in total. The molecule has 0 fully saturated rings. The van der Waals surface area contributed by atoms with Crippen LogP contribution in [0.3, 0.4) is 0 Å². The fourth-order valence-corrected chi connectivity index (χ4v) is 4.91. The molecule has 0 saturated carbocycles. The van der Waals surface area contributed by atoms with Crippen LogP contribution in [0.25, 0.3) is 10.2 Å². The largest absolute Gasteiger partial charge is 0.297 e. The number of carbonyl (C=O) groups is 1. The minimum Gasteiger partial charge on any atom is -0.297 e. The maximum absolute atomic E-state index is 12.3. The number of nitriles is 1. The fourth-order valence-electron chi connectivity index (χ4n) is 1.93. The Hall–Kier alpha value is -1.46. The topological polar surface area (TPSA) is 66.6 Å². The highest BCUT2D eigenvalue weighted by molar-refractivity contribution is 8.01. The summed E-state index contributed by atoms with van der Waals surface area (Å²) in [6, 6.07) is 7.59. The second-order valence-corrected chi connectivity index (χ2v) is 8.32. The molecule has 1 aromatic carbocycles. The van der Waals surface area contributed by atoms with Gasteiger partial charge in [-0.15, -0.1) is 22.7 Å². The van der Waals surface area contributed by atoms with Crippen LogP contribution in [0, 0.1) is 18.3 Å². The van der Waals surface area contributed by atoms with Crippen molar-refractivity contribution < 1.29 is 4.79 Å². The van der Waals surface area contributed by atoms with Crippen LogP contribution in [0.4, 0.5) is 0 Å². The number of thiazole rings is 2. The summed E-state index contributed by atoms with van der Waals surface area (Å²) in [5.41, 5.74) is 1.65. The standard InChI is InChI=1S/C15H10ClN3OS3/c1-8-6-21-14(18-8)10(5-17)12(20)7-22-15-19-11-4-9(16)2-3-13(11)23-15/h2-4,6,10H,7H2,1H3/t10-/m0/s1. The average molecular weight is 380 g/mol. The molecule has 1 atom stereocenters. The Bertz CT molecular complexity index is 912. The van der Waals surface area contributed by atoms with Gasteiger partial charge >= 0.3 is 0 Å². The summed E-state index contributed by atoms with van der Waals surface area (Å²) in [5, 5.41) is 12.3. The number of nitrogens with zero attached hydrogens (tertiary/aromatic N) is 3. The van der Waals surface area contributed by atoms with Crippen LogP contribution < -0.4 is 0 Å². The fraction of sp³-hybridized carbons (Fsp3) is 0.200. The summed E-state index contributed by atoms with van der Waals surface area (Å²) in [6.07, 6.45) is 0. The lowest BCUT2D eigenvalue weighted by Gasteiger charge is -2.03. The highest BCUT2D eigenvalue weighted by Crippen LogP contribution is 2.32. The van der Waals surface area contributed by atoms with Crippen molar-refractivity contribution in [3.63, 3.8) is 0 Å². The van der Waals surface area contributed by atoms with E-state index in [1.165, 1.54) is 34.4 Å². The van der Waals surface area contributed by atoms with Crippen molar-refractivity contribution in [2.75, 3.05) is 5.75 Å². The average Bonchev–Trinajstić information content (AvgIpc) is 3.11. The second-order valence-electron chi connectivity index (χ2n) is 4.74. The number of aryl methyl sites for hydroxylation is 1. The van der Waals surface area contributed by atoms with E-state index < -0.39 is 5.92 Å². The van der Waals surface area contributed by atoms with Crippen molar-refractivity contribution in [3.05, 3.63) is 39.3 Å². The number of carbonyl (C=O) groups excluding carboxylic acids is 1. The minimum atomic E-state index is -0.801. The summed E-state index contributed by atoms with van der Waals surface area (Å²) >= 11 is 10.2. The number of fused-ring (bicyclic) bond motifs is 1. The molecule has 0 saturated heterocycles. The van der Waals surface area contributed by atoms with Gasteiger partial charge in [-0.1, -0.05) is 23.4 Å². The Balaban J connectivity index is 1.71. The van der Waals surface area contributed by atoms with E-state index in [1.54, 1.807) is 6.07 Å². The van der Waals surface area contributed by atoms with E-state index in [2.05, 4.69) is 16.0 Å². The van der Waals surface area contributed by atoms with Gasteiger partial charge in [0.2, 0.25) is 0 Å². The van der Waals surface area contributed by atoms with Crippen LogP contribution in [0.2, 0.25) is 5.02 Å². The number of benzene rings is 1. The molecule has 2 aromatic heterocycles. The highest BCUT2D eigenvalue weighted by atomic mass is 35.5. The van der Waals surface area contributed by atoms with Crippen LogP contribution in [-0.4, -0.2) is 21.5 Å². The van der Waals surface area contributed by atoms with Gasteiger partial charge in [0.25, 0.3) is 0 Å². The van der Waals surface area contributed by atoms with Gasteiger partial charge in [-0.2, -0.15) is 5.26 Å². The second kappa shape index (κ2) is 6.97. The lowest BCUT2D eigenvalue weighted by atomic mass is 10.1. The van der Waals surface area contributed by atoms with Crippen molar-refractivity contribution in [3.8, 4) is 6.07 Å². The molecule has 0 aliphatic rings. The highest BCUT2D eigenvalue weighted by Gasteiger charge is 2.23. The van der Waals surface area contributed by atoms with Gasteiger partial charge in [-0.25, -0.2) is 9.97 Å². The van der Waals surface area contributed by atoms with E-state index in [9.17, 15) is 10.1 Å². The van der Waals surface area contributed by atoms with Crippen molar-refractivity contribution in [2.24, 2.45) is 0 Å². The molecule has 0 aliphatic carbocycles. The molecule has 0 aliphatic heterocycles. The van der Waals surface area contributed by atoms with Crippen molar-refractivity contribution in [1.29, 1.82) is 5.26 Å². The van der Waals surface area contributed by atoms with Gasteiger partial charge in [-0.3, -0.25) is 4.79 Å². The summed E-state index contributed by atoms with van der Waals surface area (Å²) in [4.78, 5) is 21.0. The number of aromatic nitrogens is 2. The van der Waals surface area contributed by atoms with E-state index >= 15 is 0 Å². The minimum absolute atomic E-state index is 0.149. The molecule has 0 spiro atoms. The maximum Gasteiger partial charge on any atom is 0.167 e. The summed E-state index contributed by atoms with van der Waals surface area (Å²) in [7, 11) is 0.